The van der Waals surface area contributed by atoms with Crippen LogP contribution in [0.3, 0.4) is 0 Å². The van der Waals surface area contributed by atoms with E-state index in [0.717, 1.165) is 12.0 Å². The van der Waals surface area contributed by atoms with Crippen molar-refractivity contribution in [1.82, 2.24) is 0 Å². The standard InChI is InChI=1S/C10H14ClNO/c1-3-10(2,12)7-4-5-9(13)8(11)6-7/h4-6,13H,3,12H2,1-2H3. The zero-order valence-corrected chi connectivity index (χ0v) is 8.60. The minimum atomic E-state index is -0.378. The van der Waals surface area contributed by atoms with Crippen molar-refractivity contribution in [1.29, 1.82) is 0 Å². The SMILES string of the molecule is CCC(C)(N)c1ccc(O)c(Cl)c1. The third-order valence-electron chi connectivity index (χ3n) is 2.34. The predicted molar refractivity (Wildman–Crippen MR) is 54.9 cm³/mol. The molecule has 3 N–H and O–H groups in total. The van der Waals surface area contributed by atoms with Crippen LogP contribution in [0.4, 0.5) is 0 Å². The Morgan fingerprint density at radius 2 is 2.15 bits per heavy atom. The summed E-state index contributed by atoms with van der Waals surface area (Å²) in [6.07, 6.45) is 0.827. The van der Waals surface area contributed by atoms with Gasteiger partial charge in [-0.05, 0) is 31.0 Å². The Labute approximate surface area is 83.3 Å². The third kappa shape index (κ3) is 2.14. The lowest BCUT2D eigenvalue weighted by molar-refractivity contribution is 0.464. The smallest absolute Gasteiger partial charge is 0.134 e. The van der Waals surface area contributed by atoms with Crippen molar-refractivity contribution in [3.05, 3.63) is 28.8 Å². The van der Waals surface area contributed by atoms with E-state index in [1.54, 1.807) is 18.2 Å². The van der Waals surface area contributed by atoms with Gasteiger partial charge in [0.15, 0.2) is 0 Å². The number of phenols is 1. The lowest BCUT2D eigenvalue weighted by Gasteiger charge is -2.23. The molecular formula is C10H14ClNO. The quantitative estimate of drug-likeness (QED) is 0.769. The number of hydrogen-bond acceptors (Lipinski definition) is 2. The van der Waals surface area contributed by atoms with Gasteiger partial charge in [0, 0.05) is 5.54 Å². The Morgan fingerprint density at radius 1 is 1.54 bits per heavy atom. The molecule has 0 amide bonds. The van der Waals surface area contributed by atoms with Gasteiger partial charge < -0.3 is 10.8 Å². The molecule has 0 bridgehead atoms. The fraction of sp³-hybridized carbons (Fsp3) is 0.400. The maximum atomic E-state index is 9.21. The third-order valence-corrected chi connectivity index (χ3v) is 2.64. The zero-order valence-electron chi connectivity index (χ0n) is 7.84. The first-order valence-corrected chi connectivity index (χ1v) is 4.63. The summed E-state index contributed by atoms with van der Waals surface area (Å²) in [6.45, 7) is 3.95. The van der Waals surface area contributed by atoms with Gasteiger partial charge in [-0.1, -0.05) is 24.6 Å². The molecular weight excluding hydrogens is 186 g/mol. The summed E-state index contributed by atoms with van der Waals surface area (Å²) in [5, 5.41) is 9.56. The molecule has 0 radical (unpaired) electrons. The van der Waals surface area contributed by atoms with Crippen molar-refractivity contribution < 1.29 is 5.11 Å². The van der Waals surface area contributed by atoms with Crippen molar-refractivity contribution in [2.24, 2.45) is 5.73 Å². The van der Waals surface area contributed by atoms with Crippen molar-refractivity contribution in [2.45, 2.75) is 25.8 Å². The largest absolute Gasteiger partial charge is 0.506 e. The van der Waals surface area contributed by atoms with Crippen molar-refractivity contribution >= 4 is 11.6 Å². The molecule has 0 aliphatic carbocycles. The Balaban J connectivity index is 3.10. The van der Waals surface area contributed by atoms with E-state index in [0.29, 0.717) is 5.02 Å². The Bertz CT molecular complexity index is 310. The highest BCUT2D eigenvalue weighted by Crippen LogP contribution is 2.29. The Morgan fingerprint density at radius 3 is 2.62 bits per heavy atom. The second kappa shape index (κ2) is 3.56. The molecule has 0 saturated carbocycles. The van der Waals surface area contributed by atoms with Gasteiger partial charge >= 0.3 is 0 Å². The summed E-state index contributed by atoms with van der Waals surface area (Å²) in [4.78, 5) is 0. The van der Waals surface area contributed by atoms with Gasteiger partial charge in [-0.3, -0.25) is 0 Å². The molecule has 72 valence electrons. The average molecular weight is 200 g/mol. The van der Waals surface area contributed by atoms with E-state index in [1.165, 1.54) is 0 Å². The molecule has 0 aromatic heterocycles. The fourth-order valence-electron chi connectivity index (χ4n) is 1.07. The van der Waals surface area contributed by atoms with Gasteiger partial charge in [0.25, 0.3) is 0 Å². The van der Waals surface area contributed by atoms with Crippen molar-refractivity contribution in [2.75, 3.05) is 0 Å². The molecule has 0 heterocycles. The number of halogens is 1. The van der Waals surface area contributed by atoms with Gasteiger partial charge in [0.1, 0.15) is 5.75 Å². The van der Waals surface area contributed by atoms with Gasteiger partial charge in [0.2, 0.25) is 0 Å². The van der Waals surface area contributed by atoms with Crippen LogP contribution in [-0.4, -0.2) is 5.11 Å². The molecule has 2 nitrogen and oxygen atoms in total. The Kier molecular flexibility index (Phi) is 2.84. The number of benzene rings is 1. The maximum Gasteiger partial charge on any atom is 0.134 e. The zero-order chi connectivity index (χ0) is 10.1. The molecule has 0 aliphatic heterocycles. The number of nitrogens with two attached hydrogens (primary N) is 1. The van der Waals surface area contributed by atoms with Crippen LogP contribution in [0, 0.1) is 0 Å². The normalized spacial score (nSPS) is 15.4. The molecule has 0 spiro atoms. The van der Waals surface area contributed by atoms with E-state index in [9.17, 15) is 5.11 Å². The minimum Gasteiger partial charge on any atom is -0.506 e. The van der Waals surface area contributed by atoms with Crippen LogP contribution in [0.2, 0.25) is 5.02 Å². The highest BCUT2D eigenvalue weighted by Gasteiger charge is 2.19. The van der Waals surface area contributed by atoms with Crippen molar-refractivity contribution in [3.63, 3.8) is 0 Å². The molecule has 1 rings (SSSR count). The topological polar surface area (TPSA) is 46.2 Å². The maximum absolute atomic E-state index is 9.21. The van der Waals surface area contributed by atoms with Crippen molar-refractivity contribution in [3.8, 4) is 5.75 Å². The van der Waals surface area contributed by atoms with Gasteiger partial charge in [-0.15, -0.1) is 0 Å². The molecule has 1 aromatic carbocycles. The highest BCUT2D eigenvalue weighted by atomic mass is 35.5. The number of hydrogen-bond donors (Lipinski definition) is 2. The molecule has 1 atom stereocenters. The van der Waals surface area contributed by atoms with E-state index in [2.05, 4.69) is 0 Å². The first-order chi connectivity index (χ1) is 5.97. The fourth-order valence-corrected chi connectivity index (χ4v) is 1.25. The van der Waals surface area contributed by atoms with Gasteiger partial charge in [0.05, 0.1) is 5.02 Å². The lowest BCUT2D eigenvalue weighted by Crippen LogP contribution is -2.31. The average Bonchev–Trinajstić information content (AvgIpc) is 2.09. The monoisotopic (exact) mass is 199 g/mol. The van der Waals surface area contributed by atoms with Crippen LogP contribution in [0.1, 0.15) is 25.8 Å². The van der Waals surface area contributed by atoms with Crippen LogP contribution in [-0.2, 0) is 5.54 Å². The summed E-state index contributed by atoms with van der Waals surface area (Å²) in [5.74, 6) is 0.0947. The van der Waals surface area contributed by atoms with E-state index in [4.69, 9.17) is 17.3 Å². The summed E-state index contributed by atoms with van der Waals surface area (Å²) in [5.41, 5.74) is 6.58. The summed E-state index contributed by atoms with van der Waals surface area (Å²) >= 11 is 5.77. The summed E-state index contributed by atoms with van der Waals surface area (Å²) in [6, 6.07) is 5.07. The minimum absolute atomic E-state index is 0.0947. The van der Waals surface area contributed by atoms with Crippen LogP contribution in [0.15, 0.2) is 18.2 Å². The Hall–Kier alpha value is -0.730. The van der Waals surface area contributed by atoms with Crippen LogP contribution in [0.5, 0.6) is 5.75 Å². The molecule has 1 unspecified atom stereocenters. The van der Waals surface area contributed by atoms with Crippen LogP contribution < -0.4 is 5.73 Å². The van der Waals surface area contributed by atoms with E-state index >= 15 is 0 Å². The van der Waals surface area contributed by atoms with Crippen LogP contribution in [0.25, 0.3) is 0 Å². The summed E-state index contributed by atoms with van der Waals surface area (Å²) in [7, 11) is 0. The van der Waals surface area contributed by atoms with E-state index in [-0.39, 0.29) is 11.3 Å². The molecule has 13 heavy (non-hydrogen) atoms. The number of phenolic OH excluding ortho intramolecular Hbond substituents is 1. The van der Waals surface area contributed by atoms with Crippen LogP contribution >= 0.6 is 11.6 Å². The summed E-state index contributed by atoms with van der Waals surface area (Å²) < 4.78 is 0. The van der Waals surface area contributed by atoms with E-state index in [1.807, 2.05) is 13.8 Å². The molecule has 3 heteroatoms. The van der Waals surface area contributed by atoms with E-state index < -0.39 is 0 Å². The first kappa shape index (κ1) is 10.4. The second-order valence-corrected chi connectivity index (χ2v) is 3.84. The predicted octanol–water partition coefficient (Wildman–Crippen LogP) is 2.63. The molecule has 0 aliphatic rings. The second-order valence-electron chi connectivity index (χ2n) is 3.44. The molecule has 1 aromatic rings. The molecule has 0 saturated heterocycles. The highest BCUT2D eigenvalue weighted by molar-refractivity contribution is 6.32. The van der Waals surface area contributed by atoms with Gasteiger partial charge in [-0.25, -0.2) is 0 Å². The lowest BCUT2D eigenvalue weighted by atomic mass is 9.91. The number of rotatable bonds is 2. The molecule has 0 fully saturated rings. The number of aromatic hydroxyl groups is 1. The van der Waals surface area contributed by atoms with Gasteiger partial charge in [-0.2, -0.15) is 0 Å². The first-order valence-electron chi connectivity index (χ1n) is 4.25.